The maximum Gasteiger partial charge on any atom is 0.258 e. The van der Waals surface area contributed by atoms with E-state index in [9.17, 15) is 8.42 Å². The number of hydrogen-bond donors (Lipinski definition) is 1. The van der Waals surface area contributed by atoms with Crippen molar-refractivity contribution < 1.29 is 8.42 Å². The molecule has 0 amide bonds. The number of sulfone groups is 1. The first kappa shape index (κ1) is 14.5. The average molecular weight is 340 g/mol. The highest BCUT2D eigenvalue weighted by Crippen LogP contribution is 2.23. The standard InChI is InChI=1S/C15H12N6O2S/c1-24(22,23)15-18-13(16)21-14(19-15)17-12(20-21)11-7-6-9-4-2-3-5-10(9)8-11/h2-8H,1H3,(H2,16,17,18,19,20). The van der Waals surface area contributed by atoms with E-state index >= 15 is 0 Å². The van der Waals surface area contributed by atoms with Gasteiger partial charge in [0, 0.05) is 11.8 Å². The van der Waals surface area contributed by atoms with Crippen molar-refractivity contribution in [2.45, 2.75) is 5.16 Å². The quantitative estimate of drug-likeness (QED) is 0.585. The summed E-state index contributed by atoms with van der Waals surface area (Å²) in [5.41, 5.74) is 6.56. The fourth-order valence-electron chi connectivity index (χ4n) is 2.40. The number of aromatic nitrogens is 5. The van der Waals surface area contributed by atoms with Crippen molar-refractivity contribution in [3.8, 4) is 11.4 Å². The topological polar surface area (TPSA) is 116 Å². The first-order valence-electron chi connectivity index (χ1n) is 7.01. The van der Waals surface area contributed by atoms with E-state index < -0.39 is 9.84 Å². The van der Waals surface area contributed by atoms with Crippen LogP contribution in [0, 0.1) is 0 Å². The number of fused-ring (bicyclic) bond motifs is 2. The van der Waals surface area contributed by atoms with Crippen LogP contribution in [0.4, 0.5) is 5.95 Å². The van der Waals surface area contributed by atoms with Crippen molar-refractivity contribution in [2.24, 2.45) is 0 Å². The third kappa shape index (κ3) is 2.35. The third-order valence-electron chi connectivity index (χ3n) is 3.55. The predicted octanol–water partition coefficient (Wildman–Crippen LogP) is 1.33. The number of nitrogen functional groups attached to an aromatic ring is 1. The molecule has 0 aliphatic carbocycles. The summed E-state index contributed by atoms with van der Waals surface area (Å²) in [6, 6.07) is 13.7. The summed E-state index contributed by atoms with van der Waals surface area (Å²) in [7, 11) is -3.58. The first-order chi connectivity index (χ1) is 11.4. The lowest BCUT2D eigenvalue weighted by molar-refractivity contribution is 0.592. The van der Waals surface area contributed by atoms with Gasteiger partial charge < -0.3 is 5.73 Å². The molecule has 0 saturated carbocycles. The molecule has 0 unspecified atom stereocenters. The molecule has 8 nitrogen and oxygen atoms in total. The maximum absolute atomic E-state index is 11.6. The molecule has 2 N–H and O–H groups in total. The second-order valence-electron chi connectivity index (χ2n) is 5.35. The predicted molar refractivity (Wildman–Crippen MR) is 89.0 cm³/mol. The number of nitrogens with zero attached hydrogens (tertiary/aromatic N) is 5. The van der Waals surface area contributed by atoms with Crippen LogP contribution < -0.4 is 5.73 Å². The van der Waals surface area contributed by atoms with Gasteiger partial charge in [0.25, 0.3) is 10.9 Å². The summed E-state index contributed by atoms with van der Waals surface area (Å²) in [4.78, 5) is 12.0. The lowest BCUT2D eigenvalue weighted by atomic mass is 10.1. The molecule has 2 heterocycles. The number of anilines is 1. The minimum absolute atomic E-state index is 0.0834. The summed E-state index contributed by atoms with van der Waals surface area (Å²) in [6.45, 7) is 0. The Labute approximate surface area is 136 Å². The molecule has 24 heavy (non-hydrogen) atoms. The van der Waals surface area contributed by atoms with Crippen LogP contribution in [0.3, 0.4) is 0 Å². The normalized spacial score (nSPS) is 12.0. The number of nitrogens with two attached hydrogens (primary N) is 1. The monoisotopic (exact) mass is 340 g/mol. The molecule has 0 radical (unpaired) electrons. The van der Waals surface area contributed by atoms with Crippen molar-refractivity contribution >= 4 is 32.3 Å². The van der Waals surface area contributed by atoms with E-state index in [0.717, 1.165) is 22.6 Å². The Morgan fingerprint density at radius 3 is 2.50 bits per heavy atom. The molecular formula is C15H12N6O2S. The number of benzene rings is 2. The molecule has 0 spiro atoms. The van der Waals surface area contributed by atoms with E-state index in [-0.39, 0.29) is 16.9 Å². The van der Waals surface area contributed by atoms with E-state index in [4.69, 9.17) is 5.73 Å². The highest BCUT2D eigenvalue weighted by molar-refractivity contribution is 7.90. The van der Waals surface area contributed by atoms with Gasteiger partial charge in [-0.15, -0.1) is 5.10 Å². The molecule has 2 aromatic heterocycles. The van der Waals surface area contributed by atoms with Crippen molar-refractivity contribution in [3.05, 3.63) is 42.5 Å². The van der Waals surface area contributed by atoms with Crippen LogP contribution in [0.25, 0.3) is 27.9 Å². The number of rotatable bonds is 2. The minimum Gasteiger partial charge on any atom is -0.368 e. The Balaban J connectivity index is 1.91. The second kappa shape index (κ2) is 4.96. The fourth-order valence-corrected chi connectivity index (χ4v) is 2.91. The molecule has 9 heteroatoms. The van der Waals surface area contributed by atoms with Crippen LogP contribution in [-0.2, 0) is 9.84 Å². The Morgan fingerprint density at radius 2 is 1.75 bits per heavy atom. The highest BCUT2D eigenvalue weighted by Gasteiger charge is 2.17. The lowest BCUT2D eigenvalue weighted by Crippen LogP contribution is -2.11. The first-order valence-corrected chi connectivity index (χ1v) is 8.90. The molecule has 0 aliphatic rings. The van der Waals surface area contributed by atoms with E-state index in [0.29, 0.717) is 5.82 Å². The summed E-state index contributed by atoms with van der Waals surface area (Å²) in [6.07, 6.45) is 1.01. The van der Waals surface area contributed by atoms with Crippen LogP contribution >= 0.6 is 0 Å². The van der Waals surface area contributed by atoms with Gasteiger partial charge in [-0.2, -0.15) is 19.5 Å². The maximum atomic E-state index is 11.6. The van der Waals surface area contributed by atoms with Crippen LogP contribution in [-0.4, -0.2) is 39.2 Å². The zero-order chi connectivity index (χ0) is 16.9. The molecule has 4 aromatic rings. The molecule has 0 bridgehead atoms. The molecule has 0 aliphatic heterocycles. The Morgan fingerprint density at radius 1 is 1.00 bits per heavy atom. The SMILES string of the molecule is CS(=O)(=O)c1nc(N)n2nc(-c3ccc4ccccc4c3)nc2n1. The van der Waals surface area contributed by atoms with Gasteiger partial charge >= 0.3 is 0 Å². The molecular weight excluding hydrogens is 328 g/mol. The summed E-state index contributed by atoms with van der Waals surface area (Å²) < 4.78 is 24.4. The third-order valence-corrected chi connectivity index (χ3v) is 4.40. The molecule has 4 rings (SSSR count). The largest absolute Gasteiger partial charge is 0.368 e. The van der Waals surface area contributed by atoms with Crippen molar-refractivity contribution in [1.29, 1.82) is 0 Å². The van der Waals surface area contributed by atoms with Gasteiger partial charge in [-0.25, -0.2) is 8.42 Å². The Bertz CT molecular complexity index is 1200. The molecule has 0 fully saturated rings. The summed E-state index contributed by atoms with van der Waals surface area (Å²) in [5.74, 6) is 0.401. The van der Waals surface area contributed by atoms with Crippen LogP contribution in [0.2, 0.25) is 0 Å². The molecule has 0 saturated heterocycles. The van der Waals surface area contributed by atoms with Gasteiger partial charge in [0.15, 0.2) is 5.82 Å². The minimum atomic E-state index is -3.58. The van der Waals surface area contributed by atoms with Gasteiger partial charge in [0.05, 0.1) is 0 Å². The van der Waals surface area contributed by atoms with Crippen LogP contribution in [0.5, 0.6) is 0 Å². The second-order valence-corrected chi connectivity index (χ2v) is 7.26. The van der Waals surface area contributed by atoms with Crippen molar-refractivity contribution in [2.75, 3.05) is 12.0 Å². The Kier molecular flexibility index (Phi) is 3.00. The smallest absolute Gasteiger partial charge is 0.258 e. The molecule has 2 aromatic carbocycles. The van der Waals surface area contributed by atoms with Gasteiger partial charge in [-0.05, 0) is 16.8 Å². The zero-order valence-electron chi connectivity index (χ0n) is 12.6. The lowest BCUT2D eigenvalue weighted by Gasteiger charge is -1.99. The van der Waals surface area contributed by atoms with E-state index in [1.54, 1.807) is 0 Å². The molecule has 0 atom stereocenters. The van der Waals surface area contributed by atoms with E-state index in [2.05, 4.69) is 20.1 Å². The highest BCUT2D eigenvalue weighted by atomic mass is 32.2. The van der Waals surface area contributed by atoms with Gasteiger partial charge in [0.2, 0.25) is 15.8 Å². The average Bonchev–Trinajstić information content (AvgIpc) is 2.98. The molecule has 120 valence electrons. The van der Waals surface area contributed by atoms with Crippen molar-refractivity contribution in [3.63, 3.8) is 0 Å². The van der Waals surface area contributed by atoms with Gasteiger partial charge in [-0.1, -0.05) is 36.4 Å². The van der Waals surface area contributed by atoms with Crippen molar-refractivity contribution in [1.82, 2.24) is 24.6 Å². The fraction of sp³-hybridized carbons (Fsp3) is 0.0667. The van der Waals surface area contributed by atoms with Crippen LogP contribution in [0.15, 0.2) is 47.6 Å². The van der Waals surface area contributed by atoms with Gasteiger partial charge in [0.1, 0.15) is 0 Å². The Hall–Kier alpha value is -3.07. The van der Waals surface area contributed by atoms with Crippen LogP contribution in [0.1, 0.15) is 0 Å². The van der Waals surface area contributed by atoms with E-state index in [1.807, 2.05) is 42.5 Å². The van der Waals surface area contributed by atoms with Gasteiger partial charge in [-0.3, -0.25) is 0 Å². The number of hydrogen-bond acceptors (Lipinski definition) is 7. The summed E-state index contributed by atoms with van der Waals surface area (Å²) >= 11 is 0. The van der Waals surface area contributed by atoms with E-state index in [1.165, 1.54) is 4.52 Å². The summed E-state index contributed by atoms with van der Waals surface area (Å²) in [5, 5.41) is 6.05. The zero-order valence-corrected chi connectivity index (χ0v) is 13.4.